The van der Waals surface area contributed by atoms with E-state index in [1.165, 1.54) is 0 Å². The summed E-state index contributed by atoms with van der Waals surface area (Å²) in [7, 11) is 0. The molecule has 0 amide bonds. The fourth-order valence-electron chi connectivity index (χ4n) is 3.28. The van der Waals surface area contributed by atoms with Gasteiger partial charge in [-0.2, -0.15) is 18.2 Å². The van der Waals surface area contributed by atoms with E-state index in [0.717, 1.165) is 32.4 Å². The van der Waals surface area contributed by atoms with Gasteiger partial charge in [0, 0.05) is 18.5 Å². The van der Waals surface area contributed by atoms with Gasteiger partial charge in [0.1, 0.15) is 10.7 Å². The minimum atomic E-state index is -4.71. The predicted molar refractivity (Wildman–Crippen MR) is 91.6 cm³/mol. The van der Waals surface area contributed by atoms with Crippen molar-refractivity contribution in [3.63, 3.8) is 0 Å². The molecule has 2 fully saturated rings. The molecular formula is C16H18ClF3N6O. The van der Waals surface area contributed by atoms with Crippen molar-refractivity contribution < 1.29 is 17.7 Å². The molecule has 1 N–H and O–H groups in total. The van der Waals surface area contributed by atoms with Crippen LogP contribution in [0, 0.1) is 0 Å². The monoisotopic (exact) mass is 402 g/mol. The lowest BCUT2D eigenvalue weighted by Gasteiger charge is -2.39. The van der Waals surface area contributed by atoms with E-state index in [0.29, 0.717) is 12.4 Å². The molecule has 2 aromatic heterocycles. The normalized spacial score (nSPS) is 21.4. The summed E-state index contributed by atoms with van der Waals surface area (Å²) in [5.41, 5.74) is -1.34. The van der Waals surface area contributed by atoms with E-state index >= 15 is 0 Å². The number of alkyl halides is 3. The minimum Gasteiger partial charge on any atom is -0.339 e. The van der Waals surface area contributed by atoms with Gasteiger partial charge in [-0.15, -0.1) is 0 Å². The van der Waals surface area contributed by atoms with Gasteiger partial charge in [-0.05, 0) is 39.3 Å². The van der Waals surface area contributed by atoms with Crippen molar-refractivity contribution in [2.45, 2.75) is 44.3 Å². The van der Waals surface area contributed by atoms with Gasteiger partial charge in [0.15, 0.2) is 5.69 Å². The minimum absolute atomic E-state index is 0.0197. The molecule has 11 heteroatoms. The van der Waals surface area contributed by atoms with Gasteiger partial charge in [-0.1, -0.05) is 16.8 Å². The molecule has 2 saturated heterocycles. The Labute approximate surface area is 158 Å². The average molecular weight is 403 g/mol. The lowest BCUT2D eigenvalue weighted by Crippen LogP contribution is -2.47. The van der Waals surface area contributed by atoms with E-state index in [-0.39, 0.29) is 29.4 Å². The van der Waals surface area contributed by atoms with Crippen LogP contribution >= 0.6 is 11.6 Å². The molecular weight excluding hydrogens is 385 g/mol. The van der Waals surface area contributed by atoms with Crippen LogP contribution in [-0.2, 0) is 6.18 Å². The second kappa shape index (κ2) is 6.90. The average Bonchev–Trinajstić information content (AvgIpc) is 3.11. The molecule has 27 heavy (non-hydrogen) atoms. The van der Waals surface area contributed by atoms with Gasteiger partial charge < -0.3 is 14.7 Å². The van der Waals surface area contributed by atoms with Crippen LogP contribution in [0.3, 0.4) is 0 Å². The molecule has 0 unspecified atom stereocenters. The lowest BCUT2D eigenvalue weighted by atomic mass is 9.98. The summed E-state index contributed by atoms with van der Waals surface area (Å²) in [4.78, 5) is 13.9. The van der Waals surface area contributed by atoms with Crippen LogP contribution in [0.5, 0.6) is 0 Å². The SMILES string of the molecule is C[C@H]1CCN1c1nc(-c2noc(C3CCNCC3)n2)c(Cl)c(C(F)(F)F)n1. The molecule has 7 nitrogen and oxygen atoms in total. The molecule has 0 aromatic carbocycles. The Morgan fingerprint density at radius 3 is 2.48 bits per heavy atom. The van der Waals surface area contributed by atoms with Gasteiger partial charge in [0.25, 0.3) is 0 Å². The molecule has 146 valence electrons. The zero-order valence-electron chi connectivity index (χ0n) is 14.6. The van der Waals surface area contributed by atoms with Gasteiger partial charge in [-0.3, -0.25) is 0 Å². The number of piperidine rings is 1. The molecule has 0 radical (unpaired) electrons. The van der Waals surface area contributed by atoms with E-state index in [4.69, 9.17) is 16.1 Å². The third-order valence-electron chi connectivity index (χ3n) is 5.03. The summed E-state index contributed by atoms with van der Waals surface area (Å²) in [6.07, 6.45) is -2.20. The number of rotatable bonds is 3. The fraction of sp³-hybridized carbons (Fsp3) is 0.625. The van der Waals surface area contributed by atoms with E-state index in [2.05, 4.69) is 25.4 Å². The molecule has 2 aromatic rings. The van der Waals surface area contributed by atoms with Crippen molar-refractivity contribution in [3.05, 3.63) is 16.6 Å². The number of hydrogen-bond acceptors (Lipinski definition) is 7. The van der Waals surface area contributed by atoms with E-state index in [1.54, 1.807) is 4.90 Å². The number of nitrogens with zero attached hydrogens (tertiary/aromatic N) is 5. The standard InChI is InChI=1S/C16H18ClF3N6O/c1-8-4-7-26(8)15-22-11(10(17)12(23-15)16(18,19)20)13-24-14(27-25-13)9-2-5-21-6-3-9/h8-9,21H,2-7H2,1H3/t8-/m0/s1. The molecule has 1 atom stereocenters. The zero-order chi connectivity index (χ0) is 19.2. The van der Waals surface area contributed by atoms with Crippen LogP contribution in [0.25, 0.3) is 11.5 Å². The molecule has 4 rings (SSSR count). The highest BCUT2D eigenvalue weighted by Crippen LogP contribution is 2.39. The highest BCUT2D eigenvalue weighted by molar-refractivity contribution is 6.33. The maximum absolute atomic E-state index is 13.4. The molecule has 4 heterocycles. The van der Waals surface area contributed by atoms with Crippen LogP contribution in [0.4, 0.5) is 19.1 Å². The Hall–Kier alpha value is -1.94. The highest BCUT2D eigenvalue weighted by Gasteiger charge is 2.40. The maximum Gasteiger partial charge on any atom is 0.435 e. The molecule has 0 aliphatic carbocycles. The van der Waals surface area contributed by atoms with E-state index in [9.17, 15) is 13.2 Å². The Balaban J connectivity index is 1.75. The highest BCUT2D eigenvalue weighted by atomic mass is 35.5. The van der Waals surface area contributed by atoms with Crippen molar-refractivity contribution in [2.75, 3.05) is 24.5 Å². The van der Waals surface area contributed by atoms with Crippen LogP contribution in [0.2, 0.25) is 5.02 Å². The number of hydrogen-bond donors (Lipinski definition) is 1. The van der Waals surface area contributed by atoms with Gasteiger partial charge in [0.05, 0.1) is 0 Å². The van der Waals surface area contributed by atoms with Gasteiger partial charge >= 0.3 is 6.18 Å². The van der Waals surface area contributed by atoms with Crippen molar-refractivity contribution >= 4 is 17.5 Å². The first-order valence-corrected chi connectivity index (χ1v) is 9.18. The second-order valence-electron chi connectivity index (χ2n) is 6.84. The lowest BCUT2D eigenvalue weighted by molar-refractivity contribution is -0.141. The molecule has 0 saturated carbocycles. The first-order chi connectivity index (χ1) is 12.8. The van der Waals surface area contributed by atoms with Crippen LogP contribution in [-0.4, -0.2) is 45.8 Å². The van der Waals surface area contributed by atoms with Gasteiger partial charge in [0.2, 0.25) is 17.7 Å². The first kappa shape index (κ1) is 18.4. The Morgan fingerprint density at radius 1 is 1.15 bits per heavy atom. The Bertz CT molecular complexity index is 836. The summed E-state index contributed by atoms with van der Waals surface area (Å²) in [6, 6.07) is 0.0654. The Kier molecular flexibility index (Phi) is 4.71. The molecule has 0 spiro atoms. The number of nitrogens with one attached hydrogen (secondary N) is 1. The zero-order valence-corrected chi connectivity index (χ0v) is 15.3. The third kappa shape index (κ3) is 3.47. The largest absolute Gasteiger partial charge is 0.435 e. The van der Waals surface area contributed by atoms with Crippen LogP contribution < -0.4 is 10.2 Å². The summed E-state index contributed by atoms with van der Waals surface area (Å²) in [5, 5.41) is 6.46. The van der Waals surface area contributed by atoms with Crippen molar-refractivity contribution in [1.82, 2.24) is 25.4 Å². The van der Waals surface area contributed by atoms with Crippen LogP contribution in [0.15, 0.2) is 4.52 Å². The third-order valence-corrected chi connectivity index (χ3v) is 5.38. The predicted octanol–water partition coefficient (Wildman–Crippen LogP) is 3.26. The smallest absolute Gasteiger partial charge is 0.339 e. The fourth-order valence-corrected chi connectivity index (χ4v) is 3.56. The van der Waals surface area contributed by atoms with Crippen molar-refractivity contribution in [1.29, 1.82) is 0 Å². The number of aromatic nitrogens is 4. The van der Waals surface area contributed by atoms with Crippen molar-refractivity contribution in [3.8, 4) is 11.5 Å². The van der Waals surface area contributed by atoms with E-state index in [1.807, 2.05) is 6.92 Å². The first-order valence-electron chi connectivity index (χ1n) is 8.80. The van der Waals surface area contributed by atoms with E-state index < -0.39 is 16.9 Å². The van der Waals surface area contributed by atoms with Gasteiger partial charge in [-0.25, -0.2) is 9.97 Å². The molecule has 2 aliphatic rings. The van der Waals surface area contributed by atoms with Crippen LogP contribution in [0.1, 0.15) is 43.7 Å². The Morgan fingerprint density at radius 2 is 1.89 bits per heavy atom. The van der Waals surface area contributed by atoms with Crippen molar-refractivity contribution in [2.24, 2.45) is 0 Å². The number of anilines is 1. The molecule has 2 aliphatic heterocycles. The quantitative estimate of drug-likeness (QED) is 0.843. The topological polar surface area (TPSA) is 80.0 Å². The summed E-state index contributed by atoms with van der Waals surface area (Å²) in [5.74, 6) is 0.406. The maximum atomic E-state index is 13.4. The number of halogens is 4. The summed E-state index contributed by atoms with van der Waals surface area (Å²) < 4.78 is 45.6. The summed E-state index contributed by atoms with van der Waals surface area (Å²) in [6.45, 7) is 4.14. The molecule has 0 bridgehead atoms. The second-order valence-corrected chi connectivity index (χ2v) is 7.22. The summed E-state index contributed by atoms with van der Waals surface area (Å²) >= 11 is 6.00.